The molecular formula is C14H16BrN3S. The van der Waals surface area contributed by atoms with Crippen molar-refractivity contribution in [2.24, 2.45) is 0 Å². The summed E-state index contributed by atoms with van der Waals surface area (Å²) in [5.41, 5.74) is 11.1. The molecular weight excluding hydrogens is 322 g/mol. The average Bonchev–Trinajstić information content (AvgIpc) is 2.35. The number of benzene rings is 1. The predicted molar refractivity (Wildman–Crippen MR) is 84.4 cm³/mol. The summed E-state index contributed by atoms with van der Waals surface area (Å²) in [5, 5.41) is 0.802. The largest absolute Gasteiger partial charge is 0.398 e. The fourth-order valence-electron chi connectivity index (χ4n) is 1.67. The molecule has 0 aliphatic heterocycles. The number of anilines is 1. The third-order valence-corrected chi connectivity index (χ3v) is 4.73. The third kappa shape index (κ3) is 3.28. The van der Waals surface area contributed by atoms with Gasteiger partial charge < -0.3 is 5.73 Å². The van der Waals surface area contributed by atoms with Crippen LogP contribution in [0.15, 0.2) is 27.8 Å². The molecule has 100 valence electrons. The molecule has 1 aromatic heterocycles. The Bertz CT molecular complexity index is 570. The Balaban J connectivity index is 2.19. The number of hydrogen-bond acceptors (Lipinski definition) is 4. The van der Waals surface area contributed by atoms with Crippen LogP contribution in [0.2, 0.25) is 0 Å². The van der Waals surface area contributed by atoms with Crippen molar-refractivity contribution in [3.8, 4) is 0 Å². The van der Waals surface area contributed by atoms with E-state index in [1.165, 1.54) is 0 Å². The van der Waals surface area contributed by atoms with E-state index in [0.717, 1.165) is 43.6 Å². The zero-order chi connectivity index (χ0) is 14.0. The van der Waals surface area contributed by atoms with Crippen LogP contribution in [0.5, 0.6) is 0 Å². The van der Waals surface area contributed by atoms with E-state index < -0.39 is 0 Å². The summed E-state index contributed by atoms with van der Waals surface area (Å²) < 4.78 is 1.03. The van der Waals surface area contributed by atoms with Crippen LogP contribution < -0.4 is 5.73 Å². The first-order chi connectivity index (χ1) is 8.99. The molecule has 0 unspecified atom stereocenters. The molecule has 0 bridgehead atoms. The number of aromatic nitrogens is 2. The summed E-state index contributed by atoms with van der Waals surface area (Å²) in [6, 6.07) is 5.84. The van der Waals surface area contributed by atoms with Gasteiger partial charge in [0.05, 0.1) is 0 Å². The van der Waals surface area contributed by atoms with Crippen molar-refractivity contribution in [3.05, 3.63) is 45.2 Å². The fourth-order valence-corrected chi connectivity index (χ4v) is 3.38. The van der Waals surface area contributed by atoms with Crippen molar-refractivity contribution in [3.63, 3.8) is 0 Å². The summed E-state index contributed by atoms with van der Waals surface area (Å²) in [6.07, 6.45) is 0. The highest BCUT2D eigenvalue weighted by molar-refractivity contribution is 9.10. The van der Waals surface area contributed by atoms with Gasteiger partial charge in [-0.15, -0.1) is 0 Å². The Labute approximate surface area is 126 Å². The number of nitrogens with two attached hydrogens (primary N) is 1. The lowest BCUT2D eigenvalue weighted by Crippen LogP contribution is -1.99. The van der Waals surface area contributed by atoms with Gasteiger partial charge in [0.2, 0.25) is 0 Å². The number of nitrogen functional groups attached to an aromatic ring is 1. The van der Waals surface area contributed by atoms with Gasteiger partial charge in [-0.25, -0.2) is 9.97 Å². The minimum absolute atomic E-state index is 0.759. The molecule has 0 aliphatic rings. The first-order valence-electron chi connectivity index (χ1n) is 5.96. The van der Waals surface area contributed by atoms with Crippen molar-refractivity contribution in [1.29, 1.82) is 0 Å². The molecule has 0 saturated heterocycles. The second-order valence-corrected chi connectivity index (χ2v) is 6.20. The molecule has 3 nitrogen and oxygen atoms in total. The maximum Gasteiger partial charge on any atom is 0.188 e. The van der Waals surface area contributed by atoms with E-state index in [4.69, 9.17) is 5.73 Å². The van der Waals surface area contributed by atoms with E-state index in [2.05, 4.69) is 25.9 Å². The summed E-state index contributed by atoms with van der Waals surface area (Å²) in [5.74, 6) is 0.759. The first kappa shape index (κ1) is 14.3. The van der Waals surface area contributed by atoms with Gasteiger partial charge in [-0.05, 0) is 44.0 Å². The Morgan fingerprint density at radius 1 is 1.16 bits per heavy atom. The minimum atomic E-state index is 0.759. The smallest absolute Gasteiger partial charge is 0.188 e. The highest BCUT2D eigenvalue weighted by Gasteiger charge is 2.08. The van der Waals surface area contributed by atoms with Crippen LogP contribution in [0, 0.1) is 20.8 Å². The lowest BCUT2D eigenvalue weighted by atomic mass is 10.2. The van der Waals surface area contributed by atoms with Gasteiger partial charge in [-0.2, -0.15) is 0 Å². The van der Waals surface area contributed by atoms with E-state index in [0.29, 0.717) is 0 Å². The van der Waals surface area contributed by atoms with E-state index in [-0.39, 0.29) is 0 Å². The van der Waals surface area contributed by atoms with Crippen LogP contribution >= 0.6 is 27.7 Å². The third-order valence-electron chi connectivity index (χ3n) is 3.11. The first-order valence-corrected chi connectivity index (χ1v) is 7.74. The monoisotopic (exact) mass is 337 g/mol. The van der Waals surface area contributed by atoms with Gasteiger partial charge in [0.25, 0.3) is 0 Å². The maximum atomic E-state index is 5.99. The van der Waals surface area contributed by atoms with Gasteiger partial charge >= 0.3 is 0 Å². The second kappa shape index (κ2) is 5.92. The second-order valence-electron chi connectivity index (χ2n) is 4.40. The zero-order valence-corrected chi connectivity index (χ0v) is 13.6. The quantitative estimate of drug-likeness (QED) is 0.521. The number of nitrogens with zero attached hydrogens (tertiary/aromatic N) is 2. The number of rotatable bonds is 3. The zero-order valence-electron chi connectivity index (χ0n) is 11.2. The van der Waals surface area contributed by atoms with E-state index in [1.807, 2.05) is 39.0 Å². The van der Waals surface area contributed by atoms with E-state index >= 15 is 0 Å². The molecule has 0 aliphatic carbocycles. The Morgan fingerprint density at radius 2 is 1.79 bits per heavy atom. The Kier molecular flexibility index (Phi) is 4.47. The van der Waals surface area contributed by atoms with Crippen molar-refractivity contribution in [1.82, 2.24) is 9.97 Å². The fraction of sp³-hybridized carbons (Fsp3) is 0.286. The molecule has 1 heterocycles. The topological polar surface area (TPSA) is 51.8 Å². The normalized spacial score (nSPS) is 10.7. The molecule has 19 heavy (non-hydrogen) atoms. The van der Waals surface area contributed by atoms with Crippen molar-refractivity contribution >= 4 is 33.4 Å². The summed E-state index contributed by atoms with van der Waals surface area (Å²) in [4.78, 5) is 9.01. The highest BCUT2D eigenvalue weighted by atomic mass is 79.9. The van der Waals surface area contributed by atoms with Crippen molar-refractivity contribution in [2.45, 2.75) is 31.7 Å². The van der Waals surface area contributed by atoms with Crippen LogP contribution in [0.4, 0.5) is 5.69 Å². The molecule has 2 N–H and O–H groups in total. The minimum Gasteiger partial charge on any atom is -0.398 e. The summed E-state index contributed by atoms with van der Waals surface area (Å²) >= 11 is 5.13. The van der Waals surface area contributed by atoms with Crippen molar-refractivity contribution in [2.75, 3.05) is 5.73 Å². The van der Waals surface area contributed by atoms with Gasteiger partial charge in [-0.3, -0.25) is 0 Å². The van der Waals surface area contributed by atoms with E-state index in [9.17, 15) is 0 Å². The van der Waals surface area contributed by atoms with Gasteiger partial charge in [0.1, 0.15) is 0 Å². The van der Waals surface area contributed by atoms with Gasteiger partial charge in [-0.1, -0.05) is 33.8 Å². The number of hydrogen-bond donors (Lipinski definition) is 1. The summed E-state index contributed by atoms with van der Waals surface area (Å²) in [6.45, 7) is 6.08. The molecule has 1 aromatic carbocycles. The molecule has 0 spiro atoms. The Hall–Kier alpha value is -1.07. The van der Waals surface area contributed by atoms with Gasteiger partial charge in [0.15, 0.2) is 5.16 Å². The standard InChI is InChI=1S/C14H16BrN3S/c1-8-9(2)17-14(18-10(8)3)19-7-11-12(15)5-4-6-13(11)16/h4-6H,7,16H2,1-3H3. The van der Waals surface area contributed by atoms with Crippen LogP contribution in [0.3, 0.4) is 0 Å². The molecule has 2 aromatic rings. The molecule has 2 rings (SSSR count). The van der Waals surface area contributed by atoms with Crippen LogP contribution in [-0.4, -0.2) is 9.97 Å². The van der Waals surface area contributed by atoms with Crippen LogP contribution in [-0.2, 0) is 5.75 Å². The number of thioether (sulfide) groups is 1. The van der Waals surface area contributed by atoms with E-state index in [1.54, 1.807) is 11.8 Å². The van der Waals surface area contributed by atoms with Gasteiger partial charge in [0, 0.05) is 27.3 Å². The van der Waals surface area contributed by atoms with Crippen LogP contribution in [0.25, 0.3) is 0 Å². The molecule has 0 radical (unpaired) electrons. The average molecular weight is 338 g/mol. The highest BCUT2D eigenvalue weighted by Crippen LogP contribution is 2.29. The summed E-state index contributed by atoms with van der Waals surface area (Å²) in [7, 11) is 0. The van der Waals surface area contributed by atoms with Crippen LogP contribution in [0.1, 0.15) is 22.5 Å². The molecule has 0 saturated carbocycles. The molecule has 0 fully saturated rings. The molecule has 0 amide bonds. The number of aryl methyl sites for hydroxylation is 2. The lowest BCUT2D eigenvalue weighted by molar-refractivity contribution is 0.880. The predicted octanol–water partition coefficient (Wildman–Crippen LogP) is 4.04. The van der Waals surface area contributed by atoms with Crippen molar-refractivity contribution < 1.29 is 0 Å². The maximum absolute atomic E-state index is 5.99. The lowest BCUT2D eigenvalue weighted by Gasteiger charge is -2.09. The number of halogens is 1. The molecule has 0 atom stereocenters. The Morgan fingerprint density at radius 3 is 2.37 bits per heavy atom. The molecule has 5 heteroatoms. The SMILES string of the molecule is Cc1nc(SCc2c(N)cccc2Br)nc(C)c1C.